The van der Waals surface area contributed by atoms with Gasteiger partial charge >= 0.3 is 0 Å². The molecule has 15 heavy (non-hydrogen) atoms. The second-order valence-electron chi connectivity index (χ2n) is 5.04. The zero-order valence-electron chi connectivity index (χ0n) is 10.6. The summed E-state index contributed by atoms with van der Waals surface area (Å²) in [6.45, 7) is 8.54. The average Bonchev–Trinajstić information content (AvgIpc) is 2.40. The quantitative estimate of drug-likeness (QED) is 0.709. The average molecular weight is 213 g/mol. The summed E-state index contributed by atoms with van der Waals surface area (Å²) >= 11 is 0. The molecule has 1 fully saturated rings. The second-order valence-corrected chi connectivity index (χ2v) is 5.04. The Labute approximate surface area is 94.8 Å². The van der Waals surface area contributed by atoms with Crippen LogP contribution in [0.4, 0.5) is 0 Å². The Bertz CT molecular complexity index is 160. The van der Waals surface area contributed by atoms with Gasteiger partial charge in [0.1, 0.15) is 0 Å². The molecule has 0 amide bonds. The molecule has 1 aliphatic rings. The monoisotopic (exact) mass is 213 g/mol. The Morgan fingerprint density at radius 1 is 1.13 bits per heavy atom. The molecule has 1 aliphatic carbocycles. The Morgan fingerprint density at radius 3 is 2.20 bits per heavy atom. The summed E-state index contributed by atoms with van der Waals surface area (Å²) in [7, 11) is 0. The van der Waals surface area contributed by atoms with Crippen LogP contribution in [0, 0.1) is 0 Å². The van der Waals surface area contributed by atoms with Gasteiger partial charge in [0.05, 0.1) is 11.7 Å². The van der Waals surface area contributed by atoms with Crippen LogP contribution in [-0.4, -0.2) is 24.8 Å². The van der Waals surface area contributed by atoms with E-state index in [2.05, 4.69) is 26.1 Å². The molecule has 1 saturated carbocycles. The van der Waals surface area contributed by atoms with Crippen molar-refractivity contribution in [1.82, 2.24) is 5.32 Å². The highest BCUT2D eigenvalue weighted by Gasteiger charge is 2.32. The lowest BCUT2D eigenvalue weighted by molar-refractivity contribution is -0.0873. The maximum atomic E-state index is 6.20. The van der Waals surface area contributed by atoms with Crippen LogP contribution in [0.5, 0.6) is 0 Å². The fraction of sp³-hybridized carbons (Fsp3) is 1.00. The highest BCUT2D eigenvalue weighted by atomic mass is 16.5. The molecular formula is C13H27NO. The summed E-state index contributed by atoms with van der Waals surface area (Å²) in [6.07, 6.45) is 8.25. The molecule has 2 heteroatoms. The van der Waals surface area contributed by atoms with Gasteiger partial charge in [-0.05, 0) is 33.2 Å². The summed E-state index contributed by atoms with van der Waals surface area (Å²) in [4.78, 5) is 0. The van der Waals surface area contributed by atoms with Gasteiger partial charge in [-0.2, -0.15) is 0 Å². The molecule has 1 rings (SSSR count). The van der Waals surface area contributed by atoms with Gasteiger partial charge < -0.3 is 10.1 Å². The summed E-state index contributed by atoms with van der Waals surface area (Å²) in [5.74, 6) is 0. The molecule has 0 aromatic carbocycles. The van der Waals surface area contributed by atoms with Crippen LogP contribution in [-0.2, 0) is 4.74 Å². The zero-order chi connectivity index (χ0) is 11.1. The Hall–Kier alpha value is -0.0800. The molecule has 0 bridgehead atoms. The van der Waals surface area contributed by atoms with Gasteiger partial charge in [-0.15, -0.1) is 0 Å². The summed E-state index contributed by atoms with van der Waals surface area (Å²) in [6, 6.07) is 0. The SMILES string of the molecule is CCNCC1(OC(C)C)CCCCCC1. The number of hydrogen-bond acceptors (Lipinski definition) is 2. The van der Waals surface area contributed by atoms with E-state index in [1.54, 1.807) is 0 Å². The molecular weight excluding hydrogens is 186 g/mol. The number of nitrogens with one attached hydrogen (secondary N) is 1. The van der Waals surface area contributed by atoms with Gasteiger partial charge in [-0.25, -0.2) is 0 Å². The first-order chi connectivity index (χ1) is 7.18. The molecule has 0 radical (unpaired) electrons. The van der Waals surface area contributed by atoms with Crippen molar-refractivity contribution in [2.45, 2.75) is 71.0 Å². The topological polar surface area (TPSA) is 21.3 Å². The molecule has 0 saturated heterocycles. The van der Waals surface area contributed by atoms with Gasteiger partial charge in [-0.1, -0.05) is 32.6 Å². The van der Waals surface area contributed by atoms with Crippen LogP contribution in [0.3, 0.4) is 0 Å². The molecule has 0 aromatic rings. The van der Waals surface area contributed by atoms with Crippen molar-refractivity contribution >= 4 is 0 Å². The summed E-state index contributed by atoms with van der Waals surface area (Å²) in [5.41, 5.74) is 0.126. The molecule has 0 unspecified atom stereocenters. The Balaban J connectivity index is 2.55. The molecule has 0 heterocycles. The Morgan fingerprint density at radius 2 is 1.73 bits per heavy atom. The van der Waals surface area contributed by atoms with Crippen molar-refractivity contribution in [2.24, 2.45) is 0 Å². The first kappa shape index (κ1) is 13.0. The minimum absolute atomic E-state index is 0.126. The minimum Gasteiger partial charge on any atom is -0.371 e. The van der Waals surface area contributed by atoms with E-state index < -0.39 is 0 Å². The fourth-order valence-electron chi connectivity index (χ4n) is 2.56. The van der Waals surface area contributed by atoms with Crippen LogP contribution < -0.4 is 5.32 Å². The lowest BCUT2D eigenvalue weighted by Crippen LogP contribution is -2.44. The fourth-order valence-corrected chi connectivity index (χ4v) is 2.56. The first-order valence-electron chi connectivity index (χ1n) is 6.57. The van der Waals surface area contributed by atoms with Crippen LogP contribution in [0.25, 0.3) is 0 Å². The molecule has 0 aliphatic heterocycles. The zero-order valence-corrected chi connectivity index (χ0v) is 10.6. The molecule has 0 atom stereocenters. The van der Waals surface area contributed by atoms with Crippen molar-refractivity contribution in [3.63, 3.8) is 0 Å². The third kappa shape index (κ3) is 4.52. The van der Waals surface area contributed by atoms with E-state index in [1.807, 2.05) is 0 Å². The standard InChI is InChI=1S/C13H27NO/c1-4-14-11-13(15-12(2)3)9-7-5-6-8-10-13/h12,14H,4-11H2,1-3H3. The van der Waals surface area contributed by atoms with E-state index >= 15 is 0 Å². The smallest absolute Gasteiger partial charge is 0.0809 e. The molecule has 2 nitrogen and oxygen atoms in total. The molecule has 0 aromatic heterocycles. The van der Waals surface area contributed by atoms with E-state index in [1.165, 1.54) is 38.5 Å². The predicted octanol–water partition coefficient (Wildman–Crippen LogP) is 3.11. The Kier molecular flexibility index (Phi) is 5.62. The van der Waals surface area contributed by atoms with E-state index in [0.29, 0.717) is 6.10 Å². The van der Waals surface area contributed by atoms with E-state index in [9.17, 15) is 0 Å². The number of ether oxygens (including phenoxy) is 1. The number of rotatable bonds is 5. The van der Waals surface area contributed by atoms with Crippen molar-refractivity contribution in [1.29, 1.82) is 0 Å². The second kappa shape index (κ2) is 6.49. The van der Waals surface area contributed by atoms with E-state index in [4.69, 9.17) is 4.74 Å². The van der Waals surface area contributed by atoms with E-state index in [-0.39, 0.29) is 5.60 Å². The van der Waals surface area contributed by atoms with Gasteiger partial charge in [0, 0.05) is 6.54 Å². The van der Waals surface area contributed by atoms with Crippen LogP contribution in [0.1, 0.15) is 59.3 Å². The van der Waals surface area contributed by atoms with Crippen molar-refractivity contribution in [3.05, 3.63) is 0 Å². The minimum atomic E-state index is 0.126. The highest BCUT2D eigenvalue weighted by Crippen LogP contribution is 2.31. The van der Waals surface area contributed by atoms with Gasteiger partial charge in [0.2, 0.25) is 0 Å². The molecule has 1 N–H and O–H groups in total. The largest absolute Gasteiger partial charge is 0.371 e. The van der Waals surface area contributed by atoms with E-state index in [0.717, 1.165) is 13.1 Å². The van der Waals surface area contributed by atoms with Crippen LogP contribution in [0.2, 0.25) is 0 Å². The van der Waals surface area contributed by atoms with Crippen molar-refractivity contribution in [2.75, 3.05) is 13.1 Å². The number of likely N-dealkylation sites (N-methyl/N-ethyl adjacent to an activating group) is 1. The maximum Gasteiger partial charge on any atom is 0.0809 e. The third-order valence-electron chi connectivity index (χ3n) is 3.20. The summed E-state index contributed by atoms with van der Waals surface area (Å²) < 4.78 is 6.20. The third-order valence-corrected chi connectivity index (χ3v) is 3.20. The molecule has 90 valence electrons. The van der Waals surface area contributed by atoms with Crippen molar-refractivity contribution < 1.29 is 4.74 Å². The maximum absolute atomic E-state index is 6.20. The van der Waals surface area contributed by atoms with Crippen molar-refractivity contribution in [3.8, 4) is 0 Å². The first-order valence-corrected chi connectivity index (χ1v) is 6.57. The summed E-state index contributed by atoms with van der Waals surface area (Å²) in [5, 5.41) is 3.47. The van der Waals surface area contributed by atoms with Gasteiger partial charge in [-0.3, -0.25) is 0 Å². The highest BCUT2D eigenvalue weighted by molar-refractivity contribution is 4.86. The predicted molar refractivity (Wildman–Crippen MR) is 65.2 cm³/mol. The molecule has 0 spiro atoms. The van der Waals surface area contributed by atoms with Gasteiger partial charge in [0.25, 0.3) is 0 Å². The van der Waals surface area contributed by atoms with Crippen LogP contribution >= 0.6 is 0 Å². The van der Waals surface area contributed by atoms with Gasteiger partial charge in [0.15, 0.2) is 0 Å². The normalized spacial score (nSPS) is 21.6. The lowest BCUT2D eigenvalue weighted by atomic mass is 9.93. The van der Waals surface area contributed by atoms with Crippen LogP contribution in [0.15, 0.2) is 0 Å². The number of hydrogen-bond donors (Lipinski definition) is 1. The lowest BCUT2D eigenvalue weighted by Gasteiger charge is -2.35.